The van der Waals surface area contributed by atoms with E-state index in [1.165, 1.54) is 11.3 Å². The van der Waals surface area contributed by atoms with Crippen molar-refractivity contribution in [2.75, 3.05) is 16.0 Å². The fourth-order valence-corrected chi connectivity index (χ4v) is 4.86. The summed E-state index contributed by atoms with van der Waals surface area (Å²) in [5, 5.41) is 35.0. The summed E-state index contributed by atoms with van der Waals surface area (Å²) in [6.07, 6.45) is 6.21. The first-order valence-electron chi connectivity index (χ1n) is 12.4. The van der Waals surface area contributed by atoms with Gasteiger partial charge in [0, 0.05) is 48.4 Å². The fourth-order valence-electron chi connectivity index (χ4n) is 4.10. The van der Waals surface area contributed by atoms with E-state index in [-0.39, 0.29) is 5.91 Å². The Morgan fingerprint density at radius 2 is 1.82 bits per heavy atom. The van der Waals surface area contributed by atoms with Crippen molar-refractivity contribution in [1.29, 1.82) is 0 Å². The van der Waals surface area contributed by atoms with Crippen LogP contribution in [0.2, 0.25) is 0 Å². The van der Waals surface area contributed by atoms with Crippen molar-refractivity contribution >= 4 is 45.2 Å². The number of benzene rings is 2. The van der Waals surface area contributed by atoms with Gasteiger partial charge >= 0.3 is 0 Å². The second-order valence-corrected chi connectivity index (χ2v) is 9.69. The Morgan fingerprint density at radius 1 is 0.975 bits per heavy atom. The van der Waals surface area contributed by atoms with Gasteiger partial charge in [0.15, 0.2) is 12.0 Å². The lowest BCUT2D eigenvalue weighted by Gasteiger charge is -2.16. The number of nitrogens with one attached hydrogen (secondary N) is 5. The van der Waals surface area contributed by atoms with Crippen LogP contribution in [0.15, 0.2) is 109 Å². The van der Waals surface area contributed by atoms with E-state index < -0.39 is 5.23 Å². The number of anilines is 3. The first-order valence-corrected chi connectivity index (χ1v) is 13.3. The smallest absolute Gasteiger partial charge is 0.267 e. The number of fused-ring (bicyclic) bond motifs is 1. The number of rotatable bonds is 11. The molecule has 0 aliphatic rings. The number of hydrogen-bond donors (Lipinski definition) is 6. The monoisotopic (exact) mass is 553 g/mol. The van der Waals surface area contributed by atoms with E-state index in [4.69, 9.17) is 0 Å². The number of thiophene rings is 1. The number of hydrogen-bond acceptors (Lipinski definition) is 9. The molecule has 1 unspecified atom stereocenters. The third kappa shape index (κ3) is 6.98. The van der Waals surface area contributed by atoms with Crippen LogP contribution in [-0.2, 0) is 13.1 Å². The average Bonchev–Trinajstić information content (AvgIpc) is 3.44. The molecule has 3 aromatic heterocycles. The summed E-state index contributed by atoms with van der Waals surface area (Å²) in [5.41, 5.74) is 4.83. The Labute approximate surface area is 234 Å². The Kier molecular flexibility index (Phi) is 8.59. The standard InChI is InChI=1S/C29H27N7O3S/c37-29(28-26(11-14-40-28)32-18-21-10-13-31-25-9-2-1-8-24(21)25)35-23-7-3-6-22(15-23)34-27(19-36(38)39)33-17-20-5-4-12-30-16-20/h1-16,19,32-34,36,38H,17-18H2,(H,35,37)/b27-19+. The topological polar surface area (TPSA) is 139 Å². The molecule has 5 aromatic rings. The predicted molar refractivity (Wildman–Crippen MR) is 157 cm³/mol. The molecule has 3 heterocycles. The highest BCUT2D eigenvalue weighted by Crippen LogP contribution is 2.26. The number of para-hydroxylation sites is 1. The van der Waals surface area contributed by atoms with Crippen molar-refractivity contribution in [2.24, 2.45) is 0 Å². The fraction of sp³-hybridized carbons (Fsp3) is 0.0690. The molecule has 0 aliphatic heterocycles. The third-order valence-electron chi connectivity index (χ3n) is 5.95. The highest BCUT2D eigenvalue weighted by molar-refractivity contribution is 7.12. The van der Waals surface area contributed by atoms with E-state index in [9.17, 15) is 15.2 Å². The Balaban J connectivity index is 1.24. The van der Waals surface area contributed by atoms with Crippen molar-refractivity contribution in [3.8, 4) is 0 Å². The van der Waals surface area contributed by atoms with Crippen LogP contribution < -0.4 is 26.5 Å². The van der Waals surface area contributed by atoms with Gasteiger partial charge in [-0.25, -0.2) is 5.21 Å². The first-order chi connectivity index (χ1) is 19.5. The molecule has 11 heteroatoms. The summed E-state index contributed by atoms with van der Waals surface area (Å²) in [7, 11) is 0. The van der Waals surface area contributed by atoms with E-state index in [2.05, 4.69) is 31.2 Å². The van der Waals surface area contributed by atoms with Crippen molar-refractivity contribution in [2.45, 2.75) is 13.1 Å². The van der Waals surface area contributed by atoms with E-state index >= 15 is 0 Å². The summed E-state index contributed by atoms with van der Waals surface area (Å²) in [5.74, 6) is 0.0541. The summed E-state index contributed by atoms with van der Waals surface area (Å²) in [6, 6.07) is 22.6. The largest absolute Gasteiger partial charge is 0.595 e. The molecule has 0 spiro atoms. The van der Waals surface area contributed by atoms with Crippen LogP contribution in [-0.4, -0.2) is 21.1 Å². The van der Waals surface area contributed by atoms with Gasteiger partial charge in [-0.1, -0.05) is 30.3 Å². The van der Waals surface area contributed by atoms with Crippen LogP contribution in [0, 0.1) is 5.21 Å². The minimum Gasteiger partial charge on any atom is -0.595 e. The number of nitrogens with zero attached hydrogens (tertiary/aromatic N) is 2. The zero-order valence-corrected chi connectivity index (χ0v) is 22.1. The minimum atomic E-state index is -1.09. The van der Waals surface area contributed by atoms with Gasteiger partial charge in [-0.3, -0.25) is 14.8 Å². The summed E-state index contributed by atoms with van der Waals surface area (Å²) < 4.78 is 0. The maximum absolute atomic E-state index is 13.2. The normalized spacial score (nSPS) is 12.1. The van der Waals surface area contributed by atoms with E-state index in [1.54, 1.807) is 42.9 Å². The Bertz CT molecular complexity index is 1620. The lowest BCUT2D eigenvalue weighted by molar-refractivity contribution is -1.00. The number of aromatic nitrogens is 2. The molecule has 0 bridgehead atoms. The molecule has 10 nitrogen and oxygen atoms in total. The molecular formula is C29H27N7O3S. The average molecular weight is 554 g/mol. The van der Waals surface area contributed by atoms with Gasteiger partial charge in [-0.15, -0.1) is 11.3 Å². The number of hydroxylamine groups is 2. The highest BCUT2D eigenvalue weighted by Gasteiger charge is 2.14. The van der Waals surface area contributed by atoms with Crippen molar-refractivity contribution in [1.82, 2.24) is 15.3 Å². The number of carbonyl (C=O) groups excluding carboxylic acids is 1. The zero-order valence-electron chi connectivity index (χ0n) is 21.3. The number of carbonyl (C=O) groups is 1. The summed E-state index contributed by atoms with van der Waals surface area (Å²) in [4.78, 5) is 22.2. The van der Waals surface area contributed by atoms with Gasteiger partial charge in [0.25, 0.3) is 5.91 Å². The Morgan fingerprint density at radius 3 is 2.65 bits per heavy atom. The number of pyridine rings is 2. The summed E-state index contributed by atoms with van der Waals surface area (Å²) >= 11 is 1.35. The van der Waals surface area contributed by atoms with Crippen LogP contribution in [0.1, 0.15) is 20.8 Å². The van der Waals surface area contributed by atoms with Crippen molar-refractivity contribution < 1.29 is 15.2 Å². The molecule has 2 aromatic carbocycles. The second-order valence-electron chi connectivity index (χ2n) is 8.78. The molecule has 202 valence electrons. The molecule has 1 amide bonds. The van der Waals surface area contributed by atoms with Crippen molar-refractivity contribution in [3.05, 3.63) is 130 Å². The van der Waals surface area contributed by atoms with Gasteiger partial charge in [-0.05, 0) is 59.0 Å². The first kappa shape index (κ1) is 26.8. The van der Waals surface area contributed by atoms with E-state index in [0.29, 0.717) is 35.2 Å². The SMILES string of the molecule is O=C(Nc1cccc(N/C(=C/[NH+]([O-])O)NCc2cccnc2)c1)c1sccc1NCc1ccnc2ccccc12. The molecule has 5 rings (SSSR count). The minimum absolute atomic E-state index is 0.245. The zero-order chi connectivity index (χ0) is 27.7. The molecule has 1 atom stereocenters. The second kappa shape index (κ2) is 12.8. The quantitative estimate of drug-likeness (QED) is 0.133. The van der Waals surface area contributed by atoms with Gasteiger partial charge in [0.05, 0.1) is 11.2 Å². The van der Waals surface area contributed by atoms with E-state index in [0.717, 1.165) is 33.9 Å². The number of quaternary nitrogens is 1. The molecular weight excluding hydrogens is 526 g/mol. The molecule has 40 heavy (non-hydrogen) atoms. The molecule has 0 radical (unpaired) electrons. The van der Waals surface area contributed by atoms with Crippen LogP contribution in [0.5, 0.6) is 0 Å². The predicted octanol–water partition coefficient (Wildman–Crippen LogP) is 4.33. The van der Waals surface area contributed by atoms with Gasteiger partial charge in [0.1, 0.15) is 4.88 Å². The van der Waals surface area contributed by atoms with Gasteiger partial charge < -0.3 is 26.5 Å². The molecule has 6 N–H and O–H groups in total. The molecule has 0 fully saturated rings. The number of amides is 1. The van der Waals surface area contributed by atoms with Crippen LogP contribution in [0.3, 0.4) is 0 Å². The van der Waals surface area contributed by atoms with Crippen LogP contribution >= 0.6 is 11.3 Å². The van der Waals surface area contributed by atoms with Gasteiger partial charge in [-0.2, -0.15) is 5.23 Å². The molecule has 0 aliphatic carbocycles. The lowest BCUT2D eigenvalue weighted by atomic mass is 10.1. The molecule has 0 saturated carbocycles. The van der Waals surface area contributed by atoms with Crippen LogP contribution in [0.4, 0.5) is 17.1 Å². The highest BCUT2D eigenvalue weighted by atomic mass is 32.1. The van der Waals surface area contributed by atoms with Crippen molar-refractivity contribution in [3.63, 3.8) is 0 Å². The lowest BCUT2D eigenvalue weighted by Crippen LogP contribution is -2.99. The summed E-state index contributed by atoms with van der Waals surface area (Å²) in [6.45, 7) is 0.935. The maximum Gasteiger partial charge on any atom is 0.267 e. The maximum atomic E-state index is 13.2. The Hall–Kier alpha value is -4.81. The van der Waals surface area contributed by atoms with Gasteiger partial charge in [0.2, 0.25) is 0 Å². The van der Waals surface area contributed by atoms with E-state index in [1.807, 2.05) is 53.9 Å². The third-order valence-corrected chi connectivity index (χ3v) is 6.87. The van der Waals surface area contributed by atoms with Crippen LogP contribution in [0.25, 0.3) is 10.9 Å². The molecule has 0 saturated heterocycles.